The minimum absolute atomic E-state index is 0.0591. The summed E-state index contributed by atoms with van der Waals surface area (Å²) in [4.78, 5) is 56.5. The van der Waals surface area contributed by atoms with Crippen LogP contribution in [0.2, 0.25) is 0 Å². The Morgan fingerprint density at radius 1 is 0.910 bits per heavy atom. The third-order valence-corrected chi connectivity index (χ3v) is 14.7. The Hall–Kier alpha value is -4.87. The molecule has 0 radical (unpaired) electrons. The number of rotatable bonds is 6. The molecular weight excluding hydrogens is 859 g/mol. The summed E-state index contributed by atoms with van der Waals surface area (Å²) in [5.41, 5.74) is -0.0968. The molecule has 6 aliphatic heterocycles. The molecular formula is C51H71N5O11. The van der Waals surface area contributed by atoms with Crippen LogP contribution in [-0.4, -0.2) is 130 Å². The van der Waals surface area contributed by atoms with Crippen molar-refractivity contribution in [2.75, 3.05) is 51.7 Å². The van der Waals surface area contributed by atoms with E-state index in [1.54, 1.807) is 58.9 Å². The fourth-order valence-electron chi connectivity index (χ4n) is 10.5. The topological polar surface area (TPSA) is 212 Å². The van der Waals surface area contributed by atoms with E-state index in [4.69, 9.17) is 23.9 Å². The number of methoxy groups -OCH3 is 1. The van der Waals surface area contributed by atoms with Gasteiger partial charge in [-0.2, -0.15) is 0 Å². The first-order chi connectivity index (χ1) is 31.7. The Bertz CT molecular complexity index is 2450. The van der Waals surface area contributed by atoms with Crippen LogP contribution in [0.5, 0.6) is 17.2 Å². The Balaban J connectivity index is 1.35. The van der Waals surface area contributed by atoms with Gasteiger partial charge in [0.25, 0.3) is 11.7 Å². The molecule has 2 fully saturated rings. The van der Waals surface area contributed by atoms with Crippen LogP contribution >= 0.6 is 0 Å². The summed E-state index contributed by atoms with van der Waals surface area (Å²) in [5.74, 6) is -6.47. The van der Waals surface area contributed by atoms with Crippen molar-refractivity contribution >= 4 is 34.1 Å². The number of phenols is 2. The van der Waals surface area contributed by atoms with Crippen LogP contribution in [0.3, 0.4) is 0 Å². The van der Waals surface area contributed by atoms with Gasteiger partial charge in [0, 0.05) is 86.7 Å². The standard InChI is InChI=1S/C51H71N5O11/c1-27(2)25-56-22-18-51(19-23-56)53-39-36-37-44(60)33(8)47-38(36)48(62)50(9,67-47)65-24-17-34(64-10)30(5)46(66-35(57)26-55-20-12-11-13-21-55)32(7)43(59)31(6)42(58)28(3)15-14-16-29(4)49(63)52-41(45(37)61)40(39)54-51/h14-17,24,27-28,30-32,34,42-43,46,53,58-61H,11-13,18-23,25-26H2,1-10H3/b15-14+,24-17+,29-16-,52-41?/t28-,30+,31+,32+,34-,42-,43+,46+,50-/m0/s1. The number of carbonyl (C=O) groups excluding carboxylic acids is 3. The number of aliphatic hydroxyl groups excluding tert-OH is 2. The number of Topliss-reactive ketones (excluding diaryl/α,β-unsaturated/α-hetero) is 1. The first-order valence-corrected chi connectivity index (χ1v) is 24.0. The van der Waals surface area contributed by atoms with Crippen molar-refractivity contribution in [3.05, 3.63) is 58.0 Å². The lowest BCUT2D eigenvalue weighted by molar-refractivity contribution is -0.164. The first kappa shape index (κ1) is 50.0. The predicted octanol–water partition coefficient (Wildman–Crippen LogP) is 5.22. The van der Waals surface area contributed by atoms with Gasteiger partial charge in [0.15, 0.2) is 5.75 Å². The summed E-state index contributed by atoms with van der Waals surface area (Å²) < 4.78 is 24.8. The number of aliphatic hydroxyl groups is 2. The van der Waals surface area contributed by atoms with Gasteiger partial charge in [-0.25, -0.2) is 4.99 Å². The van der Waals surface area contributed by atoms with Gasteiger partial charge in [-0.1, -0.05) is 66.2 Å². The number of esters is 1. The van der Waals surface area contributed by atoms with Gasteiger partial charge < -0.3 is 49.6 Å². The summed E-state index contributed by atoms with van der Waals surface area (Å²) in [6.45, 7) is 20.1. The van der Waals surface area contributed by atoms with Crippen LogP contribution in [0.4, 0.5) is 5.69 Å². The highest BCUT2D eigenvalue weighted by Crippen LogP contribution is 2.51. The normalized spacial score (nSPS) is 32.5. The van der Waals surface area contributed by atoms with E-state index in [0.29, 0.717) is 24.4 Å². The average molecular weight is 930 g/mol. The summed E-state index contributed by atoms with van der Waals surface area (Å²) in [5, 5.41) is 51.3. The number of nitrogens with one attached hydrogen (secondary N) is 1. The summed E-state index contributed by atoms with van der Waals surface area (Å²) in [6, 6.07) is 0. The van der Waals surface area contributed by atoms with Crippen molar-refractivity contribution in [2.24, 2.45) is 39.6 Å². The molecule has 16 nitrogen and oxygen atoms in total. The minimum atomic E-state index is -1.96. The molecule has 0 saturated carbocycles. The maximum absolute atomic E-state index is 14.9. The number of ketones is 1. The average Bonchev–Trinajstić information content (AvgIpc) is 3.80. The van der Waals surface area contributed by atoms with Gasteiger partial charge in [-0.15, -0.1) is 0 Å². The molecule has 0 aliphatic carbocycles. The number of hydrogen-bond acceptors (Lipinski definition) is 15. The molecule has 2 saturated heterocycles. The number of likely N-dealkylation sites (tertiary alicyclic amines) is 2. The third-order valence-electron chi connectivity index (χ3n) is 14.7. The van der Waals surface area contributed by atoms with E-state index in [-0.39, 0.29) is 56.2 Å². The number of ether oxygens (including phenoxy) is 4. The smallest absolute Gasteiger partial charge is 0.320 e. The molecule has 1 spiro atoms. The molecule has 67 heavy (non-hydrogen) atoms. The molecule has 6 heterocycles. The zero-order valence-corrected chi connectivity index (χ0v) is 40.8. The lowest BCUT2D eigenvalue weighted by atomic mass is 9.78. The van der Waals surface area contributed by atoms with E-state index in [1.807, 2.05) is 6.92 Å². The number of anilines is 1. The van der Waals surface area contributed by atoms with Crippen LogP contribution in [0.15, 0.2) is 46.1 Å². The summed E-state index contributed by atoms with van der Waals surface area (Å²) in [6.07, 6.45) is 8.24. The SMILES string of the molecule is CO[C@H]1/C=C/O[C@@]2(C)Oc3c(C)c(O)c4c(O)c(c5c(c4c3C2=O)NC2(CCN(CC(C)C)CC2)N=5)=NC(=O)/C(C)=C\C=C\[C@H](C)[C@H](O)[C@@H](C)[C@@H](O)[C@@H](C)[C@H](OC(=O)CN2CCCCC2)[C@@H]1C. The number of allylic oxidation sites excluding steroid dienone is 2. The number of benzene rings is 2. The minimum Gasteiger partial charge on any atom is -0.507 e. The second-order valence-corrected chi connectivity index (χ2v) is 20.2. The second kappa shape index (κ2) is 20.0. The Morgan fingerprint density at radius 2 is 1.60 bits per heavy atom. The quantitative estimate of drug-likeness (QED) is 0.186. The number of hydrogen-bond donors (Lipinski definition) is 5. The fraction of sp³-hybridized carbons (Fsp3) is 0.627. The summed E-state index contributed by atoms with van der Waals surface area (Å²) in [7, 11) is 1.50. The van der Waals surface area contributed by atoms with Crippen molar-refractivity contribution < 1.29 is 53.8 Å². The second-order valence-electron chi connectivity index (χ2n) is 20.2. The zero-order chi connectivity index (χ0) is 48.7. The number of carbonyl (C=O) groups is 3. The Labute approximate surface area is 393 Å². The van der Waals surface area contributed by atoms with E-state index < -0.39 is 82.9 Å². The van der Waals surface area contributed by atoms with Crippen LogP contribution in [-0.2, 0) is 23.8 Å². The van der Waals surface area contributed by atoms with E-state index in [0.717, 1.165) is 52.0 Å². The molecule has 0 aromatic heterocycles. The third kappa shape index (κ3) is 9.87. The molecule has 6 aliphatic rings. The molecule has 16 heteroatoms. The van der Waals surface area contributed by atoms with Gasteiger partial charge >= 0.3 is 11.8 Å². The molecule has 1 amide bonds. The fourth-order valence-corrected chi connectivity index (χ4v) is 10.5. The summed E-state index contributed by atoms with van der Waals surface area (Å²) >= 11 is 0. The highest BCUT2D eigenvalue weighted by atomic mass is 16.7. The zero-order valence-electron chi connectivity index (χ0n) is 40.8. The number of amides is 1. The lowest BCUT2D eigenvalue weighted by Crippen LogP contribution is -2.47. The van der Waals surface area contributed by atoms with E-state index in [9.17, 15) is 34.8 Å². The number of aromatic hydroxyl groups is 2. The van der Waals surface area contributed by atoms with Crippen LogP contribution in [0, 0.1) is 36.5 Å². The van der Waals surface area contributed by atoms with Gasteiger partial charge in [-0.05, 0) is 51.8 Å². The van der Waals surface area contributed by atoms with Crippen molar-refractivity contribution in [1.82, 2.24) is 9.80 Å². The van der Waals surface area contributed by atoms with Crippen molar-refractivity contribution in [2.45, 2.75) is 130 Å². The van der Waals surface area contributed by atoms with Crippen LogP contribution in [0.25, 0.3) is 10.8 Å². The van der Waals surface area contributed by atoms with E-state index in [2.05, 4.69) is 34.0 Å². The first-order valence-electron chi connectivity index (χ1n) is 24.0. The van der Waals surface area contributed by atoms with Gasteiger partial charge in [0.05, 0.1) is 47.8 Å². The lowest BCUT2D eigenvalue weighted by Gasteiger charge is -2.38. The molecule has 9 atom stereocenters. The molecule has 2 aromatic carbocycles. The number of phenolic OH excluding ortho intramolecular Hbond substituents is 2. The number of fused-ring (bicyclic) bond motifs is 13. The van der Waals surface area contributed by atoms with E-state index in [1.165, 1.54) is 20.3 Å². The molecule has 5 bridgehead atoms. The van der Waals surface area contributed by atoms with Crippen molar-refractivity contribution in [3.8, 4) is 17.2 Å². The highest BCUT2D eigenvalue weighted by Gasteiger charge is 2.51. The van der Waals surface area contributed by atoms with Gasteiger partial charge in [-0.3, -0.25) is 24.3 Å². The Morgan fingerprint density at radius 3 is 2.25 bits per heavy atom. The molecule has 2 aromatic rings. The van der Waals surface area contributed by atoms with Crippen LogP contribution < -0.4 is 20.8 Å². The van der Waals surface area contributed by atoms with E-state index >= 15 is 0 Å². The molecule has 8 rings (SSSR count). The predicted molar refractivity (Wildman–Crippen MR) is 252 cm³/mol. The maximum Gasteiger partial charge on any atom is 0.320 e. The molecule has 5 N–H and O–H groups in total. The number of piperidine rings is 2. The highest BCUT2D eigenvalue weighted by molar-refractivity contribution is 6.21. The van der Waals surface area contributed by atoms with Crippen LogP contribution in [0.1, 0.15) is 103 Å². The largest absolute Gasteiger partial charge is 0.507 e. The monoisotopic (exact) mass is 930 g/mol. The van der Waals surface area contributed by atoms with Crippen molar-refractivity contribution in [1.29, 1.82) is 0 Å². The maximum atomic E-state index is 14.9. The molecule has 0 unspecified atom stereocenters. The molecule has 366 valence electrons. The van der Waals surface area contributed by atoms with Crippen molar-refractivity contribution in [3.63, 3.8) is 0 Å². The van der Waals surface area contributed by atoms with Gasteiger partial charge in [0.2, 0.25) is 0 Å². The Kier molecular flexibility index (Phi) is 14.9. The number of nitrogens with zero attached hydrogens (tertiary/aromatic N) is 4. The van der Waals surface area contributed by atoms with Gasteiger partial charge in [0.1, 0.15) is 34.0 Å².